The van der Waals surface area contributed by atoms with Crippen LogP contribution in [0.5, 0.6) is 5.75 Å². The lowest BCUT2D eigenvalue weighted by molar-refractivity contribution is 0.245. The van der Waals surface area contributed by atoms with E-state index in [1.165, 1.54) is 12.1 Å². The van der Waals surface area contributed by atoms with E-state index in [2.05, 4.69) is 4.98 Å². The number of halogens is 1. The minimum atomic E-state index is -0.351. The Morgan fingerprint density at radius 2 is 2.00 bits per heavy atom. The van der Waals surface area contributed by atoms with Crippen LogP contribution in [-0.4, -0.2) is 22.1 Å². The van der Waals surface area contributed by atoms with Crippen molar-refractivity contribution in [2.45, 2.75) is 20.0 Å². The molecule has 2 aromatic carbocycles. The van der Waals surface area contributed by atoms with Gasteiger partial charge in [0.1, 0.15) is 24.0 Å². The standard InChI is InChI=1S/C20H18FN3O2/c1-14-5-7-17(8-6-14)23-10-9-19-22-16(12-24(19)20(23)25)13-26-18-4-2-3-15(21)11-18/h2-8,11-12H,9-10,13H2,1H3. The largest absolute Gasteiger partial charge is 0.487 e. The molecule has 0 unspecified atom stereocenters. The zero-order chi connectivity index (χ0) is 18.1. The van der Waals surface area contributed by atoms with Crippen molar-refractivity contribution in [3.05, 3.63) is 77.6 Å². The van der Waals surface area contributed by atoms with Crippen LogP contribution >= 0.6 is 0 Å². The third-order valence-electron chi connectivity index (χ3n) is 4.35. The summed E-state index contributed by atoms with van der Waals surface area (Å²) in [7, 11) is 0. The molecule has 1 aliphatic heterocycles. The average Bonchev–Trinajstić information content (AvgIpc) is 3.06. The van der Waals surface area contributed by atoms with Crippen molar-refractivity contribution in [3.63, 3.8) is 0 Å². The number of imidazole rings is 1. The topological polar surface area (TPSA) is 47.4 Å². The normalized spacial score (nSPS) is 13.6. The fourth-order valence-corrected chi connectivity index (χ4v) is 3.00. The van der Waals surface area contributed by atoms with Gasteiger partial charge in [0.2, 0.25) is 0 Å². The third-order valence-corrected chi connectivity index (χ3v) is 4.35. The first-order valence-electron chi connectivity index (χ1n) is 8.44. The van der Waals surface area contributed by atoms with Gasteiger partial charge in [-0.3, -0.25) is 9.47 Å². The van der Waals surface area contributed by atoms with Gasteiger partial charge in [0.15, 0.2) is 0 Å². The summed E-state index contributed by atoms with van der Waals surface area (Å²) in [6.45, 7) is 2.78. The number of ether oxygens (including phenoxy) is 1. The summed E-state index contributed by atoms with van der Waals surface area (Å²) in [5.41, 5.74) is 2.67. The first-order valence-corrected chi connectivity index (χ1v) is 8.44. The summed E-state index contributed by atoms with van der Waals surface area (Å²) in [5, 5.41) is 0. The van der Waals surface area contributed by atoms with E-state index >= 15 is 0 Å². The second-order valence-electron chi connectivity index (χ2n) is 6.28. The molecule has 5 nitrogen and oxygen atoms in total. The van der Waals surface area contributed by atoms with Crippen LogP contribution < -0.4 is 9.64 Å². The van der Waals surface area contributed by atoms with E-state index in [1.54, 1.807) is 27.8 Å². The second kappa shape index (κ2) is 6.63. The zero-order valence-electron chi connectivity index (χ0n) is 14.4. The number of aromatic nitrogens is 2. The maximum Gasteiger partial charge on any atom is 0.334 e. The van der Waals surface area contributed by atoms with Crippen LogP contribution in [0.25, 0.3) is 0 Å². The monoisotopic (exact) mass is 351 g/mol. The summed E-state index contributed by atoms with van der Waals surface area (Å²) in [6, 6.07) is 13.7. The molecule has 2 heterocycles. The Bertz CT molecular complexity index is 950. The number of benzene rings is 2. The fourth-order valence-electron chi connectivity index (χ4n) is 3.00. The molecule has 0 bridgehead atoms. The van der Waals surface area contributed by atoms with Crippen LogP contribution in [-0.2, 0) is 13.0 Å². The predicted molar refractivity (Wildman–Crippen MR) is 96.0 cm³/mol. The van der Waals surface area contributed by atoms with Gasteiger partial charge in [-0.05, 0) is 31.2 Å². The van der Waals surface area contributed by atoms with Crippen molar-refractivity contribution in [3.8, 4) is 5.75 Å². The molecule has 0 saturated heterocycles. The van der Waals surface area contributed by atoms with Gasteiger partial charge in [-0.2, -0.15) is 0 Å². The number of amides is 1. The Hall–Kier alpha value is -3.15. The average molecular weight is 351 g/mol. The smallest absolute Gasteiger partial charge is 0.334 e. The number of hydrogen-bond donors (Lipinski definition) is 0. The van der Waals surface area contributed by atoms with E-state index in [4.69, 9.17) is 4.74 Å². The lowest BCUT2D eigenvalue weighted by Crippen LogP contribution is -2.41. The molecule has 132 valence electrons. The molecule has 1 aliphatic rings. The van der Waals surface area contributed by atoms with Gasteiger partial charge in [-0.15, -0.1) is 0 Å². The van der Waals surface area contributed by atoms with Crippen LogP contribution in [0.4, 0.5) is 14.9 Å². The van der Waals surface area contributed by atoms with Crippen LogP contribution in [0.2, 0.25) is 0 Å². The number of fused-ring (bicyclic) bond motifs is 1. The molecule has 0 N–H and O–H groups in total. The van der Waals surface area contributed by atoms with Crippen molar-refractivity contribution >= 4 is 11.7 Å². The highest BCUT2D eigenvalue weighted by Gasteiger charge is 2.26. The van der Waals surface area contributed by atoms with Crippen molar-refractivity contribution in [2.75, 3.05) is 11.4 Å². The number of hydrogen-bond acceptors (Lipinski definition) is 3. The van der Waals surface area contributed by atoms with Crippen molar-refractivity contribution < 1.29 is 13.9 Å². The Morgan fingerprint density at radius 3 is 2.77 bits per heavy atom. The highest BCUT2D eigenvalue weighted by atomic mass is 19.1. The van der Waals surface area contributed by atoms with Crippen molar-refractivity contribution in [1.29, 1.82) is 0 Å². The van der Waals surface area contributed by atoms with Crippen molar-refractivity contribution in [2.24, 2.45) is 0 Å². The molecule has 4 rings (SSSR count). The van der Waals surface area contributed by atoms with E-state index in [-0.39, 0.29) is 18.5 Å². The van der Waals surface area contributed by atoms with Gasteiger partial charge in [-0.25, -0.2) is 14.2 Å². The number of aryl methyl sites for hydroxylation is 1. The Balaban J connectivity index is 1.51. The first kappa shape index (κ1) is 16.3. The summed E-state index contributed by atoms with van der Waals surface area (Å²) in [6.07, 6.45) is 2.36. The Labute approximate surface area is 150 Å². The van der Waals surface area contributed by atoms with E-state index in [0.29, 0.717) is 24.4 Å². The Kier molecular flexibility index (Phi) is 4.16. The molecule has 1 amide bonds. The second-order valence-corrected chi connectivity index (χ2v) is 6.28. The highest BCUT2D eigenvalue weighted by molar-refractivity contribution is 5.94. The minimum absolute atomic E-state index is 0.125. The molecular formula is C20H18FN3O2. The molecule has 0 fully saturated rings. The van der Waals surface area contributed by atoms with Crippen LogP contribution in [0.3, 0.4) is 0 Å². The van der Waals surface area contributed by atoms with Gasteiger partial charge < -0.3 is 4.74 Å². The number of carbonyl (C=O) groups is 1. The molecule has 6 heteroatoms. The lowest BCUT2D eigenvalue weighted by atomic mass is 10.2. The Morgan fingerprint density at radius 1 is 1.19 bits per heavy atom. The highest BCUT2D eigenvalue weighted by Crippen LogP contribution is 2.22. The van der Waals surface area contributed by atoms with Gasteiger partial charge >= 0.3 is 6.03 Å². The van der Waals surface area contributed by atoms with E-state index in [1.807, 2.05) is 31.2 Å². The number of carbonyl (C=O) groups excluding carboxylic acids is 1. The lowest BCUT2D eigenvalue weighted by Gasteiger charge is -2.27. The van der Waals surface area contributed by atoms with Gasteiger partial charge in [-0.1, -0.05) is 23.8 Å². The van der Waals surface area contributed by atoms with Gasteiger partial charge in [0.25, 0.3) is 0 Å². The van der Waals surface area contributed by atoms with E-state index in [0.717, 1.165) is 17.1 Å². The quantitative estimate of drug-likeness (QED) is 0.715. The summed E-state index contributed by atoms with van der Waals surface area (Å²) >= 11 is 0. The molecular weight excluding hydrogens is 333 g/mol. The molecule has 0 atom stereocenters. The molecule has 0 radical (unpaired) electrons. The summed E-state index contributed by atoms with van der Waals surface area (Å²) < 4.78 is 20.3. The summed E-state index contributed by atoms with van der Waals surface area (Å²) in [5.74, 6) is 0.801. The fraction of sp³-hybridized carbons (Fsp3) is 0.200. The number of nitrogens with zero attached hydrogens (tertiary/aromatic N) is 3. The zero-order valence-corrected chi connectivity index (χ0v) is 14.4. The summed E-state index contributed by atoms with van der Waals surface area (Å²) in [4.78, 5) is 19.0. The van der Waals surface area contributed by atoms with Crippen LogP contribution in [0.1, 0.15) is 17.1 Å². The van der Waals surface area contributed by atoms with Crippen molar-refractivity contribution in [1.82, 2.24) is 9.55 Å². The van der Waals surface area contributed by atoms with Crippen LogP contribution in [0, 0.1) is 12.7 Å². The molecule has 26 heavy (non-hydrogen) atoms. The predicted octanol–water partition coefficient (Wildman–Crippen LogP) is 3.94. The van der Waals surface area contributed by atoms with E-state index < -0.39 is 0 Å². The first-order chi connectivity index (χ1) is 12.6. The maximum atomic E-state index is 13.2. The van der Waals surface area contributed by atoms with Crippen LogP contribution in [0.15, 0.2) is 54.7 Å². The molecule has 0 spiro atoms. The molecule has 1 aromatic heterocycles. The number of anilines is 1. The molecule has 0 aliphatic carbocycles. The maximum absolute atomic E-state index is 13.2. The van der Waals surface area contributed by atoms with E-state index in [9.17, 15) is 9.18 Å². The minimum Gasteiger partial charge on any atom is -0.487 e. The third kappa shape index (κ3) is 3.18. The SMILES string of the molecule is Cc1ccc(N2CCc3nc(COc4cccc(F)c4)cn3C2=O)cc1. The van der Waals surface area contributed by atoms with Gasteiger partial charge in [0.05, 0.1) is 5.69 Å². The molecule has 3 aromatic rings. The molecule has 0 saturated carbocycles. The van der Waals surface area contributed by atoms with Gasteiger partial charge in [0, 0.05) is 30.9 Å². The number of rotatable bonds is 4.